The SMILES string of the molecule is Cc1ccc(NC(=O)C[C@@H](C(=O)[O-])[NH+]2CC[NH2+]CC2)cc1Cl. The Morgan fingerprint density at radius 3 is 2.68 bits per heavy atom. The number of hydrogen-bond donors (Lipinski definition) is 3. The van der Waals surface area contributed by atoms with Crippen LogP contribution in [0, 0.1) is 6.92 Å². The predicted molar refractivity (Wildman–Crippen MR) is 80.6 cm³/mol. The molecule has 1 atom stereocenters. The lowest BCUT2D eigenvalue weighted by Gasteiger charge is -2.30. The number of carbonyl (C=O) groups excluding carboxylic acids is 2. The van der Waals surface area contributed by atoms with Gasteiger partial charge in [-0.3, -0.25) is 4.79 Å². The summed E-state index contributed by atoms with van der Waals surface area (Å²) in [5.74, 6) is -1.51. The molecule has 0 saturated carbocycles. The van der Waals surface area contributed by atoms with Gasteiger partial charge in [-0.2, -0.15) is 0 Å². The molecule has 0 spiro atoms. The Hall–Kier alpha value is -1.63. The van der Waals surface area contributed by atoms with Gasteiger partial charge in [0.15, 0.2) is 0 Å². The van der Waals surface area contributed by atoms with Gasteiger partial charge in [0.2, 0.25) is 5.91 Å². The summed E-state index contributed by atoms with van der Waals surface area (Å²) >= 11 is 6.01. The number of nitrogens with two attached hydrogens (primary N) is 1. The van der Waals surface area contributed by atoms with Crippen molar-refractivity contribution in [3.05, 3.63) is 28.8 Å². The summed E-state index contributed by atoms with van der Waals surface area (Å²) in [5, 5.41) is 16.7. The van der Waals surface area contributed by atoms with Gasteiger partial charge in [-0.1, -0.05) is 17.7 Å². The number of anilines is 1. The van der Waals surface area contributed by atoms with Crippen molar-refractivity contribution in [2.24, 2.45) is 0 Å². The predicted octanol–water partition coefficient (Wildman–Crippen LogP) is -2.44. The molecule has 0 unspecified atom stereocenters. The highest BCUT2D eigenvalue weighted by atomic mass is 35.5. The first-order valence-corrected chi connectivity index (χ1v) is 7.78. The van der Waals surface area contributed by atoms with Crippen molar-refractivity contribution in [1.82, 2.24) is 0 Å². The van der Waals surface area contributed by atoms with E-state index in [9.17, 15) is 14.7 Å². The van der Waals surface area contributed by atoms with Crippen LogP contribution >= 0.6 is 11.6 Å². The maximum Gasteiger partial charge on any atom is 0.230 e. The normalized spacial score (nSPS) is 17.0. The minimum atomic E-state index is -1.17. The van der Waals surface area contributed by atoms with E-state index < -0.39 is 12.0 Å². The lowest BCUT2D eigenvalue weighted by atomic mass is 10.1. The fraction of sp³-hybridized carbons (Fsp3) is 0.467. The van der Waals surface area contributed by atoms with Gasteiger partial charge >= 0.3 is 0 Å². The number of carbonyl (C=O) groups is 2. The topological polar surface area (TPSA) is 90.3 Å². The highest BCUT2D eigenvalue weighted by molar-refractivity contribution is 6.31. The molecule has 1 aliphatic rings. The average Bonchev–Trinajstić information content (AvgIpc) is 2.49. The fourth-order valence-corrected chi connectivity index (χ4v) is 2.84. The Kier molecular flexibility index (Phi) is 5.76. The van der Waals surface area contributed by atoms with E-state index in [0.29, 0.717) is 10.7 Å². The molecule has 120 valence electrons. The van der Waals surface area contributed by atoms with Gasteiger partial charge in [-0.15, -0.1) is 0 Å². The van der Waals surface area contributed by atoms with Gasteiger partial charge in [-0.05, 0) is 24.6 Å². The van der Waals surface area contributed by atoms with Crippen molar-refractivity contribution in [2.75, 3.05) is 31.5 Å². The molecule has 1 fully saturated rings. The van der Waals surface area contributed by atoms with Gasteiger partial charge in [0.25, 0.3) is 0 Å². The number of aryl methyl sites for hydroxylation is 1. The molecule has 2 rings (SSSR count). The first kappa shape index (κ1) is 16.7. The third-order valence-corrected chi connectivity index (χ3v) is 4.37. The monoisotopic (exact) mass is 326 g/mol. The zero-order valence-electron chi connectivity index (χ0n) is 12.5. The summed E-state index contributed by atoms with van der Waals surface area (Å²) in [7, 11) is 0. The number of amides is 1. The van der Waals surface area contributed by atoms with Crippen LogP contribution in [0.1, 0.15) is 12.0 Å². The lowest BCUT2D eigenvalue weighted by molar-refractivity contribution is -0.961. The van der Waals surface area contributed by atoms with Crippen LogP contribution in [0.4, 0.5) is 5.69 Å². The van der Waals surface area contributed by atoms with E-state index in [-0.39, 0.29) is 12.3 Å². The van der Waals surface area contributed by atoms with Crippen LogP contribution in [0.25, 0.3) is 0 Å². The van der Waals surface area contributed by atoms with Crippen molar-refractivity contribution in [3.63, 3.8) is 0 Å². The maximum atomic E-state index is 12.1. The minimum Gasteiger partial charge on any atom is -0.544 e. The number of hydrogen-bond acceptors (Lipinski definition) is 3. The average molecular weight is 327 g/mol. The van der Waals surface area contributed by atoms with Gasteiger partial charge in [0.05, 0.1) is 12.4 Å². The van der Waals surface area contributed by atoms with Crippen molar-refractivity contribution >= 4 is 29.2 Å². The number of halogens is 1. The Labute approximate surface area is 134 Å². The molecule has 0 radical (unpaired) electrons. The second-order valence-corrected chi connectivity index (χ2v) is 6.02. The van der Waals surface area contributed by atoms with Gasteiger partial charge in [0, 0.05) is 10.7 Å². The molecule has 4 N–H and O–H groups in total. The van der Waals surface area contributed by atoms with Gasteiger partial charge in [0.1, 0.15) is 32.2 Å². The Bertz CT molecular complexity index is 559. The number of quaternary nitrogens is 2. The third-order valence-electron chi connectivity index (χ3n) is 3.96. The van der Waals surface area contributed by atoms with Crippen molar-refractivity contribution in [1.29, 1.82) is 0 Å². The zero-order chi connectivity index (χ0) is 16.1. The Balaban J connectivity index is 1.98. The molecule has 1 aromatic carbocycles. The third kappa shape index (κ3) is 4.43. The van der Waals surface area contributed by atoms with Crippen LogP contribution in [0.3, 0.4) is 0 Å². The summed E-state index contributed by atoms with van der Waals surface area (Å²) in [6, 6.07) is 4.40. The molecule has 0 aromatic heterocycles. The molecule has 7 heteroatoms. The summed E-state index contributed by atoms with van der Waals surface area (Å²) < 4.78 is 0. The summed E-state index contributed by atoms with van der Waals surface area (Å²) in [6.07, 6.45) is -0.0941. The van der Waals surface area contributed by atoms with Crippen molar-refractivity contribution in [2.45, 2.75) is 19.4 Å². The van der Waals surface area contributed by atoms with Gasteiger partial charge < -0.3 is 25.4 Å². The van der Waals surface area contributed by atoms with E-state index in [0.717, 1.165) is 36.6 Å². The molecule has 1 saturated heterocycles. The number of aliphatic carboxylic acids is 1. The molecule has 1 amide bonds. The second-order valence-electron chi connectivity index (χ2n) is 5.61. The number of carboxylic acids is 1. The quantitative estimate of drug-likeness (QED) is 0.561. The number of piperazine rings is 1. The smallest absolute Gasteiger partial charge is 0.230 e. The van der Waals surface area contributed by atoms with Crippen LogP contribution in [0.5, 0.6) is 0 Å². The summed E-state index contributed by atoms with van der Waals surface area (Å²) in [4.78, 5) is 24.3. The number of nitrogens with one attached hydrogen (secondary N) is 2. The van der Waals surface area contributed by atoms with Crippen LogP contribution in [-0.4, -0.2) is 44.1 Å². The Morgan fingerprint density at radius 1 is 1.41 bits per heavy atom. The first-order chi connectivity index (χ1) is 10.5. The molecule has 0 aliphatic carbocycles. The van der Waals surface area contributed by atoms with Crippen LogP contribution in [-0.2, 0) is 9.59 Å². The molecule has 1 aromatic rings. The van der Waals surface area contributed by atoms with E-state index in [1.807, 2.05) is 6.92 Å². The minimum absolute atomic E-state index is 0.0941. The van der Waals surface area contributed by atoms with Crippen molar-refractivity contribution in [3.8, 4) is 0 Å². The van der Waals surface area contributed by atoms with E-state index in [1.165, 1.54) is 0 Å². The summed E-state index contributed by atoms with van der Waals surface area (Å²) in [6.45, 7) is 5.06. The molecular formula is C15H21ClN3O3+. The van der Waals surface area contributed by atoms with Crippen LogP contribution in [0.15, 0.2) is 18.2 Å². The highest BCUT2D eigenvalue weighted by Gasteiger charge is 2.29. The number of benzene rings is 1. The first-order valence-electron chi connectivity index (χ1n) is 7.40. The van der Waals surface area contributed by atoms with E-state index in [1.54, 1.807) is 18.2 Å². The number of rotatable bonds is 5. The fourth-order valence-electron chi connectivity index (χ4n) is 2.66. The molecule has 22 heavy (non-hydrogen) atoms. The Morgan fingerprint density at radius 2 is 2.09 bits per heavy atom. The van der Waals surface area contributed by atoms with Gasteiger partial charge in [-0.25, -0.2) is 0 Å². The number of carboxylic acid groups (broad SMARTS) is 1. The molecule has 0 bridgehead atoms. The van der Waals surface area contributed by atoms with Crippen LogP contribution in [0.2, 0.25) is 5.02 Å². The van der Waals surface area contributed by atoms with Crippen molar-refractivity contribution < 1.29 is 24.9 Å². The van der Waals surface area contributed by atoms with Crippen LogP contribution < -0.4 is 20.6 Å². The highest BCUT2D eigenvalue weighted by Crippen LogP contribution is 2.20. The standard InChI is InChI=1S/C15H20ClN3O3/c1-10-2-3-11(8-12(10)16)18-14(20)9-13(15(21)22)19-6-4-17-5-7-19/h2-3,8,13,17H,4-7,9H2,1H3,(H,18,20)(H,21,22)/p+1/t13-/m0/s1. The second kappa shape index (κ2) is 7.58. The molecule has 1 heterocycles. The van der Waals surface area contributed by atoms with E-state index in [2.05, 4.69) is 10.6 Å². The largest absolute Gasteiger partial charge is 0.544 e. The molecule has 1 aliphatic heterocycles. The molecular weight excluding hydrogens is 306 g/mol. The zero-order valence-corrected chi connectivity index (χ0v) is 13.3. The molecule has 6 nitrogen and oxygen atoms in total. The summed E-state index contributed by atoms with van der Waals surface area (Å²) in [5.41, 5.74) is 1.49. The lowest BCUT2D eigenvalue weighted by Crippen LogP contribution is -3.24. The maximum absolute atomic E-state index is 12.1. The van der Waals surface area contributed by atoms with E-state index >= 15 is 0 Å². The van der Waals surface area contributed by atoms with E-state index in [4.69, 9.17) is 11.6 Å².